The number of nitrogens with one attached hydrogen (secondary N) is 1. The number of rotatable bonds is 7. The maximum absolute atomic E-state index is 13.3. The molecule has 0 unspecified atom stereocenters. The summed E-state index contributed by atoms with van der Waals surface area (Å²) in [5.74, 6) is 0.555. The maximum atomic E-state index is 13.3. The topological polar surface area (TPSA) is 94.2 Å². The zero-order valence-electron chi connectivity index (χ0n) is 18.4. The molecule has 2 aliphatic heterocycles. The van der Waals surface area contributed by atoms with Crippen LogP contribution in [0.2, 0.25) is 5.02 Å². The number of hydrogen-bond donors (Lipinski definition) is 1. The van der Waals surface area contributed by atoms with E-state index in [1.54, 1.807) is 31.2 Å². The zero-order chi connectivity index (χ0) is 23.4. The molecule has 10 heteroatoms. The third-order valence-corrected chi connectivity index (χ3v) is 7.70. The Labute approximate surface area is 198 Å². The Morgan fingerprint density at radius 3 is 2.73 bits per heavy atom. The minimum Gasteiger partial charge on any atom is -0.492 e. The van der Waals surface area contributed by atoms with E-state index in [0.29, 0.717) is 48.3 Å². The van der Waals surface area contributed by atoms with E-state index >= 15 is 0 Å². The van der Waals surface area contributed by atoms with Gasteiger partial charge in [0.15, 0.2) is 6.79 Å². The van der Waals surface area contributed by atoms with Gasteiger partial charge in [0, 0.05) is 34.9 Å². The molecule has 0 atom stereocenters. The van der Waals surface area contributed by atoms with Crippen molar-refractivity contribution < 1.29 is 27.4 Å². The first-order valence-corrected chi connectivity index (χ1v) is 12.8. The van der Waals surface area contributed by atoms with Crippen LogP contribution in [0, 0.1) is 0 Å². The first kappa shape index (κ1) is 23.8. The van der Waals surface area contributed by atoms with E-state index < -0.39 is 10.0 Å². The summed E-state index contributed by atoms with van der Waals surface area (Å²) < 4.78 is 44.5. The van der Waals surface area contributed by atoms with Crippen molar-refractivity contribution >= 4 is 33.2 Å². The van der Waals surface area contributed by atoms with Crippen LogP contribution in [0.4, 0.5) is 5.69 Å². The number of carbonyl (C=O) groups is 1. The van der Waals surface area contributed by atoms with Crippen molar-refractivity contribution in [1.29, 1.82) is 0 Å². The van der Waals surface area contributed by atoms with Crippen LogP contribution in [0.1, 0.15) is 37.3 Å². The molecule has 2 aliphatic rings. The van der Waals surface area contributed by atoms with E-state index in [-0.39, 0.29) is 29.8 Å². The van der Waals surface area contributed by atoms with Crippen LogP contribution in [0.3, 0.4) is 0 Å². The standard InChI is InChI=1S/C23H27ClN2O6S/c1-2-31-20-7-6-19(13-21(20)33(28,29)26-8-4-3-5-9-26)25-22(27)12-16-10-18(24)11-17-14-30-15-32-23(16)17/h6-7,10-11,13H,2-5,8-9,12,14-15H2,1H3,(H,25,27). The summed E-state index contributed by atoms with van der Waals surface area (Å²) in [4.78, 5) is 12.9. The number of amides is 1. The summed E-state index contributed by atoms with van der Waals surface area (Å²) in [5, 5.41) is 3.28. The second kappa shape index (κ2) is 10.3. The molecule has 1 amide bonds. The third-order valence-electron chi connectivity index (χ3n) is 5.56. The lowest BCUT2D eigenvalue weighted by Crippen LogP contribution is -2.35. The normalized spacial score (nSPS) is 16.5. The Morgan fingerprint density at radius 2 is 1.97 bits per heavy atom. The molecule has 2 aromatic rings. The number of sulfonamides is 1. The van der Waals surface area contributed by atoms with Gasteiger partial charge in [0.2, 0.25) is 15.9 Å². The fourth-order valence-corrected chi connectivity index (χ4v) is 6.01. The lowest BCUT2D eigenvalue weighted by molar-refractivity contribution is -0.115. The molecule has 2 aromatic carbocycles. The fourth-order valence-electron chi connectivity index (χ4n) is 4.07. The highest BCUT2D eigenvalue weighted by Crippen LogP contribution is 2.33. The SMILES string of the molecule is CCOc1ccc(NC(=O)Cc2cc(Cl)cc3c2OCOC3)cc1S(=O)(=O)N1CCCCC1. The molecule has 0 saturated carbocycles. The van der Waals surface area contributed by atoms with Crippen molar-refractivity contribution in [2.24, 2.45) is 0 Å². The van der Waals surface area contributed by atoms with Crippen LogP contribution >= 0.6 is 11.6 Å². The van der Waals surface area contributed by atoms with Crippen molar-refractivity contribution in [3.63, 3.8) is 0 Å². The van der Waals surface area contributed by atoms with Gasteiger partial charge in [0.25, 0.3) is 0 Å². The van der Waals surface area contributed by atoms with Gasteiger partial charge in [-0.3, -0.25) is 4.79 Å². The van der Waals surface area contributed by atoms with Crippen LogP contribution in [0.5, 0.6) is 11.5 Å². The van der Waals surface area contributed by atoms with Gasteiger partial charge in [-0.15, -0.1) is 0 Å². The Hall–Kier alpha value is -2.33. The van der Waals surface area contributed by atoms with Gasteiger partial charge in [0.1, 0.15) is 16.4 Å². The van der Waals surface area contributed by atoms with E-state index in [0.717, 1.165) is 24.8 Å². The summed E-state index contributed by atoms with van der Waals surface area (Å²) in [6, 6.07) is 8.12. The zero-order valence-corrected chi connectivity index (χ0v) is 20.0. The molecule has 0 radical (unpaired) electrons. The molecule has 4 rings (SSSR count). The third kappa shape index (κ3) is 5.43. The van der Waals surface area contributed by atoms with Crippen LogP contribution in [0.25, 0.3) is 0 Å². The second-order valence-electron chi connectivity index (χ2n) is 7.95. The van der Waals surface area contributed by atoms with Crippen molar-refractivity contribution in [3.05, 3.63) is 46.5 Å². The summed E-state index contributed by atoms with van der Waals surface area (Å²) >= 11 is 6.19. The largest absolute Gasteiger partial charge is 0.492 e. The number of carbonyl (C=O) groups excluding carboxylic acids is 1. The van der Waals surface area contributed by atoms with Crippen molar-refractivity contribution in [2.75, 3.05) is 31.8 Å². The first-order chi connectivity index (χ1) is 15.9. The van der Waals surface area contributed by atoms with Gasteiger partial charge < -0.3 is 19.5 Å². The molecular formula is C23H27ClN2O6S. The molecule has 0 aliphatic carbocycles. The van der Waals surface area contributed by atoms with Gasteiger partial charge in [-0.25, -0.2) is 8.42 Å². The molecule has 178 valence electrons. The average Bonchev–Trinajstić information content (AvgIpc) is 2.80. The molecule has 0 bridgehead atoms. The van der Waals surface area contributed by atoms with Gasteiger partial charge in [-0.05, 0) is 50.1 Å². The number of nitrogens with zero attached hydrogens (tertiary/aromatic N) is 1. The molecule has 0 spiro atoms. The van der Waals surface area contributed by atoms with Crippen LogP contribution in [0.15, 0.2) is 35.2 Å². The van der Waals surface area contributed by atoms with E-state index in [9.17, 15) is 13.2 Å². The number of ether oxygens (including phenoxy) is 3. The minimum atomic E-state index is -3.74. The minimum absolute atomic E-state index is 0.0182. The van der Waals surface area contributed by atoms with E-state index in [1.165, 1.54) is 10.4 Å². The first-order valence-electron chi connectivity index (χ1n) is 11.0. The number of halogens is 1. The number of benzene rings is 2. The van der Waals surface area contributed by atoms with Crippen molar-refractivity contribution in [3.8, 4) is 11.5 Å². The van der Waals surface area contributed by atoms with Gasteiger partial charge in [0.05, 0.1) is 19.6 Å². The molecular weight excluding hydrogens is 468 g/mol. The predicted octanol–water partition coefficient (Wildman–Crippen LogP) is 3.96. The Morgan fingerprint density at radius 1 is 1.18 bits per heavy atom. The summed E-state index contributed by atoms with van der Waals surface area (Å²) in [5.41, 5.74) is 1.80. The Bertz CT molecular complexity index is 1130. The highest BCUT2D eigenvalue weighted by molar-refractivity contribution is 7.89. The number of piperidine rings is 1. The molecule has 0 aromatic heterocycles. The van der Waals surface area contributed by atoms with Gasteiger partial charge >= 0.3 is 0 Å². The number of anilines is 1. The second-order valence-corrected chi connectivity index (χ2v) is 10.3. The quantitative estimate of drug-likeness (QED) is 0.626. The van der Waals surface area contributed by atoms with E-state index in [1.807, 2.05) is 0 Å². The molecule has 33 heavy (non-hydrogen) atoms. The molecule has 1 fully saturated rings. The summed E-state index contributed by atoms with van der Waals surface area (Å²) in [7, 11) is -3.74. The monoisotopic (exact) mass is 494 g/mol. The lowest BCUT2D eigenvalue weighted by Gasteiger charge is -2.27. The van der Waals surface area contributed by atoms with Crippen LogP contribution < -0.4 is 14.8 Å². The van der Waals surface area contributed by atoms with Gasteiger partial charge in [-0.2, -0.15) is 4.31 Å². The highest BCUT2D eigenvalue weighted by atomic mass is 35.5. The number of hydrogen-bond acceptors (Lipinski definition) is 6. The van der Waals surface area contributed by atoms with E-state index in [2.05, 4.69) is 5.32 Å². The summed E-state index contributed by atoms with van der Waals surface area (Å²) in [6.07, 6.45) is 2.70. The maximum Gasteiger partial charge on any atom is 0.246 e. The van der Waals surface area contributed by atoms with E-state index in [4.69, 9.17) is 25.8 Å². The highest BCUT2D eigenvalue weighted by Gasteiger charge is 2.29. The Balaban J connectivity index is 1.57. The lowest BCUT2D eigenvalue weighted by atomic mass is 10.1. The molecule has 1 N–H and O–H groups in total. The number of fused-ring (bicyclic) bond motifs is 1. The predicted molar refractivity (Wildman–Crippen MR) is 124 cm³/mol. The molecule has 2 heterocycles. The summed E-state index contributed by atoms with van der Waals surface area (Å²) in [6.45, 7) is 3.56. The molecule has 8 nitrogen and oxygen atoms in total. The fraction of sp³-hybridized carbons (Fsp3) is 0.435. The average molecular weight is 495 g/mol. The van der Waals surface area contributed by atoms with Crippen LogP contribution in [-0.2, 0) is 32.6 Å². The van der Waals surface area contributed by atoms with Crippen molar-refractivity contribution in [1.82, 2.24) is 4.31 Å². The van der Waals surface area contributed by atoms with Crippen molar-refractivity contribution in [2.45, 2.75) is 44.1 Å². The van der Waals surface area contributed by atoms with Crippen LogP contribution in [-0.4, -0.2) is 45.1 Å². The Kier molecular flexibility index (Phi) is 7.43. The molecule has 1 saturated heterocycles. The smallest absolute Gasteiger partial charge is 0.246 e. The van der Waals surface area contributed by atoms with Gasteiger partial charge in [-0.1, -0.05) is 18.0 Å².